The lowest BCUT2D eigenvalue weighted by Crippen LogP contribution is -2.37. The Morgan fingerprint density at radius 1 is 1.07 bits per heavy atom. The number of sulfonamides is 1. The molecular weight excluding hydrogens is 397 g/mol. The number of carbonyl (C=O) groups excluding carboxylic acids is 2. The molecule has 0 saturated carbocycles. The summed E-state index contributed by atoms with van der Waals surface area (Å²) < 4.78 is 39.4. The van der Waals surface area contributed by atoms with Gasteiger partial charge in [-0.05, 0) is 42.3 Å². The number of anilines is 1. The van der Waals surface area contributed by atoms with Gasteiger partial charge in [0, 0.05) is 25.7 Å². The average Bonchev–Trinajstić information content (AvgIpc) is 2.68. The summed E-state index contributed by atoms with van der Waals surface area (Å²) in [7, 11) is -2.36. The zero-order valence-corrected chi connectivity index (χ0v) is 17.1. The first-order valence-corrected chi connectivity index (χ1v) is 10.6. The fraction of sp³-hybridized carbons (Fsp3) is 0.300. The number of rotatable bonds is 9. The molecule has 0 aliphatic heterocycles. The van der Waals surface area contributed by atoms with E-state index in [1.807, 2.05) is 25.1 Å². The first-order valence-electron chi connectivity index (χ1n) is 9.10. The van der Waals surface area contributed by atoms with Crippen molar-refractivity contribution in [2.75, 3.05) is 25.5 Å². The lowest BCUT2D eigenvalue weighted by atomic mass is 10.1. The quantitative estimate of drug-likeness (QED) is 0.649. The van der Waals surface area contributed by atoms with E-state index in [9.17, 15) is 22.4 Å². The van der Waals surface area contributed by atoms with E-state index in [4.69, 9.17) is 0 Å². The minimum absolute atomic E-state index is 0.0892. The Morgan fingerprint density at radius 3 is 2.38 bits per heavy atom. The largest absolute Gasteiger partial charge is 0.336 e. The summed E-state index contributed by atoms with van der Waals surface area (Å²) in [5.41, 5.74) is 1.69. The predicted molar refractivity (Wildman–Crippen MR) is 108 cm³/mol. The van der Waals surface area contributed by atoms with Crippen molar-refractivity contribution in [2.24, 2.45) is 0 Å². The number of likely N-dealkylation sites (N-methyl/N-ethyl adjacent to an activating group) is 1. The maximum Gasteiger partial charge on any atom is 0.243 e. The fourth-order valence-corrected chi connectivity index (χ4v) is 3.66. The zero-order valence-electron chi connectivity index (χ0n) is 16.3. The smallest absolute Gasteiger partial charge is 0.243 e. The molecule has 0 saturated heterocycles. The van der Waals surface area contributed by atoms with Crippen molar-refractivity contribution in [1.82, 2.24) is 9.62 Å². The number of aryl methyl sites for hydroxylation is 1. The third-order valence-corrected chi connectivity index (χ3v) is 5.71. The Bertz CT molecular complexity index is 962. The zero-order chi connectivity index (χ0) is 21.4. The number of carbonyl (C=O) groups is 2. The molecule has 0 spiro atoms. The Morgan fingerprint density at radius 2 is 1.72 bits per heavy atom. The third kappa shape index (κ3) is 6.65. The van der Waals surface area contributed by atoms with Gasteiger partial charge >= 0.3 is 0 Å². The summed E-state index contributed by atoms with van der Waals surface area (Å²) in [5.74, 6) is -1.26. The van der Waals surface area contributed by atoms with Crippen molar-refractivity contribution in [2.45, 2.75) is 24.7 Å². The molecule has 9 heteroatoms. The van der Waals surface area contributed by atoms with Crippen LogP contribution in [-0.4, -0.2) is 45.3 Å². The van der Waals surface area contributed by atoms with Crippen LogP contribution in [0.3, 0.4) is 0 Å². The van der Waals surface area contributed by atoms with E-state index in [1.165, 1.54) is 11.9 Å². The van der Waals surface area contributed by atoms with Crippen molar-refractivity contribution < 1.29 is 22.4 Å². The molecule has 0 aromatic heterocycles. The Hall–Kier alpha value is -2.78. The molecule has 2 amide bonds. The van der Waals surface area contributed by atoms with Gasteiger partial charge in [0.1, 0.15) is 5.82 Å². The molecule has 7 nitrogen and oxygen atoms in total. The van der Waals surface area contributed by atoms with E-state index >= 15 is 0 Å². The number of halogens is 1. The fourth-order valence-electron chi connectivity index (χ4n) is 2.62. The molecule has 2 rings (SSSR count). The second-order valence-electron chi connectivity index (χ2n) is 6.41. The summed E-state index contributed by atoms with van der Waals surface area (Å²) in [5, 5.41) is 2.78. The van der Waals surface area contributed by atoms with Crippen LogP contribution in [0.15, 0.2) is 53.4 Å². The van der Waals surface area contributed by atoms with Crippen LogP contribution in [-0.2, 0) is 26.0 Å². The number of benzene rings is 2. The van der Waals surface area contributed by atoms with Crippen LogP contribution in [0.1, 0.15) is 18.9 Å². The normalized spacial score (nSPS) is 11.1. The highest BCUT2D eigenvalue weighted by atomic mass is 32.2. The second-order valence-corrected chi connectivity index (χ2v) is 8.18. The minimum atomic E-state index is -3.84. The first kappa shape index (κ1) is 22.5. The van der Waals surface area contributed by atoms with E-state index in [1.54, 1.807) is 6.07 Å². The molecule has 0 radical (unpaired) electrons. The maximum atomic E-state index is 12.9. The van der Waals surface area contributed by atoms with Gasteiger partial charge in [0.25, 0.3) is 0 Å². The van der Waals surface area contributed by atoms with Gasteiger partial charge in [0.05, 0.1) is 11.4 Å². The predicted octanol–water partition coefficient (Wildman–Crippen LogP) is 2.15. The number of amides is 2. The number of nitrogens with zero attached hydrogens (tertiary/aromatic N) is 1. The van der Waals surface area contributed by atoms with Gasteiger partial charge in [0.2, 0.25) is 21.8 Å². The van der Waals surface area contributed by atoms with E-state index in [2.05, 4.69) is 10.0 Å². The van der Waals surface area contributed by atoms with Gasteiger partial charge in [-0.3, -0.25) is 9.59 Å². The van der Waals surface area contributed by atoms with Gasteiger partial charge in [-0.15, -0.1) is 0 Å². The molecule has 29 heavy (non-hydrogen) atoms. The molecule has 0 fully saturated rings. The molecule has 0 atom stereocenters. The van der Waals surface area contributed by atoms with Gasteiger partial charge in [-0.25, -0.2) is 17.5 Å². The van der Waals surface area contributed by atoms with Gasteiger partial charge in [0.15, 0.2) is 0 Å². The Kier molecular flexibility index (Phi) is 7.86. The van der Waals surface area contributed by atoms with Crippen LogP contribution in [0.4, 0.5) is 10.1 Å². The average molecular weight is 421 g/mol. The highest BCUT2D eigenvalue weighted by Crippen LogP contribution is 2.15. The van der Waals surface area contributed by atoms with Crippen LogP contribution in [0.5, 0.6) is 0 Å². The van der Waals surface area contributed by atoms with Crippen LogP contribution in [0.2, 0.25) is 0 Å². The molecule has 0 unspecified atom stereocenters. The molecule has 2 aromatic carbocycles. The lowest BCUT2D eigenvalue weighted by molar-refractivity contribution is -0.133. The molecule has 0 aliphatic rings. The highest BCUT2D eigenvalue weighted by Gasteiger charge is 2.17. The van der Waals surface area contributed by atoms with Crippen LogP contribution in [0.25, 0.3) is 0 Å². The van der Waals surface area contributed by atoms with E-state index in [-0.39, 0.29) is 36.2 Å². The van der Waals surface area contributed by atoms with Crippen molar-refractivity contribution in [3.63, 3.8) is 0 Å². The number of para-hydroxylation sites is 1. The van der Waals surface area contributed by atoms with Crippen LogP contribution >= 0.6 is 0 Å². The van der Waals surface area contributed by atoms with Crippen molar-refractivity contribution in [3.8, 4) is 0 Å². The van der Waals surface area contributed by atoms with Crippen molar-refractivity contribution >= 4 is 27.5 Å². The van der Waals surface area contributed by atoms with E-state index in [0.717, 1.165) is 36.2 Å². The monoisotopic (exact) mass is 421 g/mol. The molecule has 0 aliphatic carbocycles. The maximum absolute atomic E-state index is 12.9. The van der Waals surface area contributed by atoms with Crippen molar-refractivity contribution in [3.05, 3.63) is 59.9 Å². The second kappa shape index (κ2) is 10.1. The van der Waals surface area contributed by atoms with E-state index in [0.29, 0.717) is 5.69 Å². The number of hydrogen-bond donors (Lipinski definition) is 2. The number of nitrogens with one attached hydrogen (secondary N) is 2. The van der Waals surface area contributed by atoms with Gasteiger partial charge in [-0.1, -0.05) is 25.1 Å². The van der Waals surface area contributed by atoms with Gasteiger partial charge < -0.3 is 10.2 Å². The van der Waals surface area contributed by atoms with Crippen LogP contribution < -0.4 is 10.0 Å². The SMILES string of the molecule is CCc1ccccc1NC(=O)CN(C)C(=O)CCNS(=O)(=O)c1ccc(F)cc1. The van der Waals surface area contributed by atoms with Crippen LogP contribution in [0, 0.1) is 5.82 Å². The summed E-state index contributed by atoms with van der Waals surface area (Å²) in [6.45, 7) is 1.69. The minimum Gasteiger partial charge on any atom is -0.336 e. The van der Waals surface area contributed by atoms with Crippen molar-refractivity contribution in [1.29, 1.82) is 0 Å². The Balaban J connectivity index is 1.82. The van der Waals surface area contributed by atoms with Gasteiger partial charge in [-0.2, -0.15) is 0 Å². The van der Waals surface area contributed by atoms with E-state index < -0.39 is 15.8 Å². The lowest BCUT2D eigenvalue weighted by Gasteiger charge is -2.18. The molecule has 2 aromatic rings. The summed E-state index contributed by atoms with van der Waals surface area (Å²) in [6, 6.07) is 11.8. The Labute approximate surface area is 170 Å². The molecule has 0 bridgehead atoms. The summed E-state index contributed by atoms with van der Waals surface area (Å²) >= 11 is 0. The summed E-state index contributed by atoms with van der Waals surface area (Å²) in [4.78, 5) is 25.5. The molecule has 2 N–H and O–H groups in total. The highest BCUT2D eigenvalue weighted by molar-refractivity contribution is 7.89. The first-order chi connectivity index (χ1) is 13.7. The molecule has 156 valence electrons. The molecule has 0 heterocycles. The molecular formula is C20H24FN3O4S. The summed E-state index contributed by atoms with van der Waals surface area (Å²) in [6.07, 6.45) is 0.648. The standard InChI is InChI=1S/C20H24FN3O4S/c1-3-15-6-4-5-7-18(15)23-19(25)14-24(2)20(26)12-13-22-29(27,28)17-10-8-16(21)9-11-17/h4-11,22H,3,12-14H2,1-2H3,(H,23,25). The third-order valence-electron chi connectivity index (χ3n) is 4.23. The topological polar surface area (TPSA) is 95.6 Å². The number of hydrogen-bond acceptors (Lipinski definition) is 4.